The molecule has 0 aliphatic heterocycles. The summed E-state index contributed by atoms with van der Waals surface area (Å²) in [6.07, 6.45) is -5.14. The number of aromatic hydroxyl groups is 1. The average Bonchev–Trinajstić information content (AvgIpc) is 2.85. The Morgan fingerprint density at radius 3 is 2.29 bits per heavy atom. The summed E-state index contributed by atoms with van der Waals surface area (Å²) in [5, 5.41) is 33.0. The number of benzene rings is 2. The molecule has 0 amide bonds. The zero-order valence-corrected chi connectivity index (χ0v) is 22.3. The van der Waals surface area contributed by atoms with Gasteiger partial charge in [-0.2, -0.15) is 13.2 Å². The summed E-state index contributed by atoms with van der Waals surface area (Å²) in [7, 11) is 0. The molecule has 0 bridgehead atoms. The number of hydrogen-bond donors (Lipinski definition) is 3. The maximum atomic E-state index is 13.6. The quantitative estimate of drug-likeness (QED) is 0.429. The number of phenolic OH excluding ortho intramolecular Hbond substituents is 1. The maximum absolute atomic E-state index is 13.6. The third-order valence-electron chi connectivity index (χ3n) is 8.30. The van der Waals surface area contributed by atoms with Gasteiger partial charge in [-0.05, 0) is 55.7 Å². The number of ketones is 4. The van der Waals surface area contributed by atoms with E-state index < -0.39 is 88.3 Å². The van der Waals surface area contributed by atoms with Gasteiger partial charge in [0, 0.05) is 30.4 Å². The Morgan fingerprint density at radius 2 is 1.63 bits per heavy atom. The Bertz CT molecular complexity index is 1600. The first-order chi connectivity index (χ1) is 19.2. The van der Waals surface area contributed by atoms with Crippen molar-refractivity contribution in [3.05, 3.63) is 80.6 Å². The fourth-order valence-corrected chi connectivity index (χ4v) is 6.51. The zero-order valence-electron chi connectivity index (χ0n) is 22.3. The number of rotatable bonds is 5. The first kappa shape index (κ1) is 28.3. The van der Waals surface area contributed by atoms with E-state index in [1.54, 1.807) is 6.07 Å². The molecule has 10 heteroatoms. The number of Topliss-reactive ketones (excluding diaryl/α,β-unsaturated/α-hetero) is 4. The second-order valence-corrected chi connectivity index (χ2v) is 11.1. The molecule has 2 aromatic rings. The molecule has 3 atom stereocenters. The molecule has 3 aliphatic carbocycles. The van der Waals surface area contributed by atoms with Gasteiger partial charge in [0.15, 0.2) is 17.3 Å². The molecule has 3 aliphatic rings. The molecule has 0 aromatic heterocycles. The summed E-state index contributed by atoms with van der Waals surface area (Å²) in [4.78, 5) is 50.8. The maximum Gasteiger partial charge on any atom is 0.416 e. The fraction of sp³-hybridized carbons (Fsp3) is 0.355. The van der Waals surface area contributed by atoms with Crippen LogP contribution in [0.5, 0.6) is 5.75 Å². The lowest BCUT2D eigenvalue weighted by molar-refractivity contribution is -0.138. The minimum Gasteiger partial charge on any atom is -0.511 e. The van der Waals surface area contributed by atoms with Gasteiger partial charge in [-0.15, -0.1) is 0 Å². The summed E-state index contributed by atoms with van der Waals surface area (Å²) >= 11 is 0. The standard InChI is InChI=1S/C31H27F3O7/c1-13-3-4-15(21(7-13)31(32,33)34)10-20(36)11-17-6-5-16-8-18-9-19-12-22(37)23(14(2)35)28(39)26(19)30(41)25(18)29(40)24(16)27(17)38/h3-7,18-19,26,38-40H,8-12H2,1-2H3. The minimum atomic E-state index is -4.64. The molecule has 0 saturated heterocycles. The van der Waals surface area contributed by atoms with Crippen LogP contribution >= 0.6 is 0 Å². The van der Waals surface area contributed by atoms with Crippen LogP contribution in [0.4, 0.5) is 13.2 Å². The van der Waals surface area contributed by atoms with Gasteiger partial charge in [0.2, 0.25) is 0 Å². The van der Waals surface area contributed by atoms with Crippen molar-refractivity contribution in [2.75, 3.05) is 0 Å². The Morgan fingerprint density at radius 1 is 0.976 bits per heavy atom. The molecule has 0 radical (unpaired) electrons. The lowest BCUT2D eigenvalue weighted by Crippen LogP contribution is -2.43. The fourth-order valence-electron chi connectivity index (χ4n) is 6.51. The van der Waals surface area contributed by atoms with Crippen LogP contribution in [0.25, 0.3) is 5.76 Å². The number of carbonyl (C=O) groups is 4. The second kappa shape index (κ2) is 10.0. The topological polar surface area (TPSA) is 129 Å². The Kier molecular flexibility index (Phi) is 6.91. The van der Waals surface area contributed by atoms with E-state index in [-0.39, 0.29) is 41.5 Å². The Hall–Kier alpha value is -4.21. The van der Waals surface area contributed by atoms with Crippen LogP contribution in [0.1, 0.15) is 53.1 Å². The molecule has 214 valence electrons. The Balaban J connectivity index is 1.47. The van der Waals surface area contributed by atoms with Crippen molar-refractivity contribution in [3.63, 3.8) is 0 Å². The second-order valence-electron chi connectivity index (χ2n) is 11.1. The van der Waals surface area contributed by atoms with E-state index in [2.05, 4.69) is 0 Å². The molecular formula is C31H27F3O7. The molecule has 3 N–H and O–H groups in total. The molecule has 2 aromatic carbocycles. The number of carbonyl (C=O) groups excluding carboxylic acids is 4. The summed E-state index contributed by atoms with van der Waals surface area (Å²) < 4.78 is 40.5. The van der Waals surface area contributed by atoms with Gasteiger partial charge in [0.1, 0.15) is 23.1 Å². The van der Waals surface area contributed by atoms with Crippen molar-refractivity contribution in [3.8, 4) is 5.75 Å². The molecule has 41 heavy (non-hydrogen) atoms. The van der Waals surface area contributed by atoms with E-state index in [1.807, 2.05) is 0 Å². The van der Waals surface area contributed by atoms with Crippen molar-refractivity contribution in [1.82, 2.24) is 0 Å². The molecule has 1 fully saturated rings. The number of fused-ring (bicyclic) bond motifs is 3. The normalized spacial score (nSPS) is 22.3. The summed E-state index contributed by atoms with van der Waals surface area (Å²) in [5.74, 6) is -6.22. The molecule has 5 rings (SSSR count). The predicted molar refractivity (Wildman–Crippen MR) is 140 cm³/mol. The van der Waals surface area contributed by atoms with Crippen LogP contribution in [0, 0.1) is 24.7 Å². The van der Waals surface area contributed by atoms with Crippen molar-refractivity contribution < 1.29 is 47.7 Å². The minimum absolute atomic E-state index is 0.0317. The first-order valence-corrected chi connectivity index (χ1v) is 13.2. The van der Waals surface area contributed by atoms with Gasteiger partial charge in [-0.1, -0.05) is 29.8 Å². The molecule has 7 nitrogen and oxygen atoms in total. The smallest absolute Gasteiger partial charge is 0.416 e. The molecule has 1 saturated carbocycles. The highest BCUT2D eigenvalue weighted by atomic mass is 19.4. The van der Waals surface area contributed by atoms with Crippen molar-refractivity contribution in [2.24, 2.45) is 17.8 Å². The molecular weight excluding hydrogens is 541 g/mol. The summed E-state index contributed by atoms with van der Waals surface area (Å²) in [5.41, 5.74) is -0.626. The molecule has 0 heterocycles. The average molecular weight is 569 g/mol. The number of aryl methyl sites for hydroxylation is 1. The zero-order chi connectivity index (χ0) is 30.0. The third-order valence-corrected chi connectivity index (χ3v) is 8.30. The van der Waals surface area contributed by atoms with Gasteiger partial charge in [0.05, 0.1) is 22.6 Å². The van der Waals surface area contributed by atoms with Crippen LogP contribution in [-0.4, -0.2) is 38.5 Å². The van der Waals surface area contributed by atoms with E-state index in [0.29, 0.717) is 11.1 Å². The number of alkyl halides is 3. The SMILES string of the molecule is CC(=O)C1=C(O)C2C(=O)C3=C(O)c4c(ccc(CC(=O)Cc5ccc(C)cc5C(F)(F)F)c4O)CC3CC2CC1=O. The highest BCUT2D eigenvalue weighted by Crippen LogP contribution is 2.50. The monoisotopic (exact) mass is 568 g/mol. The van der Waals surface area contributed by atoms with Gasteiger partial charge in [-0.3, -0.25) is 19.2 Å². The highest BCUT2D eigenvalue weighted by molar-refractivity contribution is 6.22. The van der Waals surface area contributed by atoms with Gasteiger partial charge < -0.3 is 15.3 Å². The van der Waals surface area contributed by atoms with Crippen molar-refractivity contribution in [1.29, 1.82) is 0 Å². The molecule has 0 spiro atoms. The number of halogens is 3. The Labute approximate surface area is 233 Å². The van der Waals surface area contributed by atoms with E-state index >= 15 is 0 Å². The van der Waals surface area contributed by atoms with Crippen LogP contribution in [0.15, 0.2) is 47.2 Å². The van der Waals surface area contributed by atoms with E-state index in [1.165, 1.54) is 25.1 Å². The van der Waals surface area contributed by atoms with Crippen LogP contribution in [-0.2, 0) is 44.6 Å². The van der Waals surface area contributed by atoms with Crippen molar-refractivity contribution in [2.45, 2.75) is 52.1 Å². The predicted octanol–water partition coefficient (Wildman–Crippen LogP) is 5.09. The summed E-state index contributed by atoms with van der Waals surface area (Å²) in [6, 6.07) is 6.76. The highest BCUT2D eigenvalue weighted by Gasteiger charge is 2.50. The third kappa shape index (κ3) is 4.85. The van der Waals surface area contributed by atoms with Crippen molar-refractivity contribution >= 4 is 28.9 Å². The largest absolute Gasteiger partial charge is 0.511 e. The van der Waals surface area contributed by atoms with Crippen LogP contribution in [0.2, 0.25) is 0 Å². The first-order valence-electron chi connectivity index (χ1n) is 13.2. The van der Waals surface area contributed by atoms with Gasteiger partial charge >= 0.3 is 6.18 Å². The number of hydrogen-bond acceptors (Lipinski definition) is 7. The lowest BCUT2D eigenvalue weighted by atomic mass is 9.61. The molecule has 3 unspecified atom stereocenters. The lowest BCUT2D eigenvalue weighted by Gasteiger charge is -2.41. The van der Waals surface area contributed by atoms with E-state index in [4.69, 9.17) is 0 Å². The number of phenols is 1. The van der Waals surface area contributed by atoms with Crippen LogP contribution < -0.4 is 0 Å². The van der Waals surface area contributed by atoms with Crippen LogP contribution in [0.3, 0.4) is 0 Å². The number of allylic oxidation sites excluding steroid dienone is 3. The number of aliphatic hydroxyl groups excluding tert-OH is 2. The van der Waals surface area contributed by atoms with Gasteiger partial charge in [0.25, 0.3) is 0 Å². The summed E-state index contributed by atoms with van der Waals surface area (Å²) in [6.45, 7) is 2.64. The number of aliphatic hydroxyl groups is 2. The van der Waals surface area contributed by atoms with Gasteiger partial charge in [-0.25, -0.2) is 0 Å². The van der Waals surface area contributed by atoms with E-state index in [0.717, 1.165) is 13.0 Å². The van der Waals surface area contributed by atoms with E-state index in [9.17, 15) is 47.7 Å².